The fraction of sp³-hybridized carbons (Fsp3) is 0.368. The highest BCUT2D eigenvalue weighted by Crippen LogP contribution is 2.23. The summed E-state index contributed by atoms with van der Waals surface area (Å²) >= 11 is 0. The van der Waals surface area contributed by atoms with Crippen LogP contribution in [0.25, 0.3) is 10.8 Å². The summed E-state index contributed by atoms with van der Waals surface area (Å²) in [5.74, 6) is -1.19. The molecule has 0 unspecified atom stereocenters. The lowest BCUT2D eigenvalue weighted by molar-refractivity contribution is -0.165. The third-order valence-electron chi connectivity index (χ3n) is 4.78. The molecule has 0 atom stereocenters. The van der Waals surface area contributed by atoms with E-state index in [1.807, 2.05) is 18.2 Å². The quantitative estimate of drug-likeness (QED) is 0.902. The third-order valence-corrected chi connectivity index (χ3v) is 4.78. The van der Waals surface area contributed by atoms with Crippen LogP contribution in [0.5, 0.6) is 0 Å². The van der Waals surface area contributed by atoms with E-state index in [1.165, 1.54) is 5.39 Å². The Morgan fingerprint density at radius 3 is 2.38 bits per heavy atom. The molecule has 1 saturated heterocycles. The summed E-state index contributed by atoms with van der Waals surface area (Å²) in [5, 5.41) is 21.3. The van der Waals surface area contributed by atoms with Gasteiger partial charge in [-0.15, -0.1) is 0 Å². The van der Waals surface area contributed by atoms with Gasteiger partial charge in [-0.05, 0) is 22.8 Å². The van der Waals surface area contributed by atoms with Gasteiger partial charge in [-0.3, -0.25) is 4.79 Å². The lowest BCUT2D eigenvalue weighted by atomic mass is 9.91. The smallest absolute Gasteiger partial charge is 0.335 e. The number of rotatable bonds is 4. The van der Waals surface area contributed by atoms with Crippen molar-refractivity contribution in [3.8, 4) is 0 Å². The molecule has 1 amide bonds. The Morgan fingerprint density at radius 1 is 1.04 bits per heavy atom. The number of aliphatic carboxylic acids is 1. The monoisotopic (exact) mass is 327 g/mol. The van der Waals surface area contributed by atoms with Crippen LogP contribution in [-0.2, 0) is 16.0 Å². The molecule has 0 spiro atoms. The maximum atomic E-state index is 12.3. The number of aliphatic hydroxyl groups is 1. The molecule has 5 heteroatoms. The van der Waals surface area contributed by atoms with Crippen LogP contribution in [0.3, 0.4) is 0 Å². The van der Waals surface area contributed by atoms with E-state index in [9.17, 15) is 14.7 Å². The fourth-order valence-corrected chi connectivity index (χ4v) is 3.14. The fourth-order valence-electron chi connectivity index (χ4n) is 3.14. The number of likely N-dealkylation sites (tertiary alicyclic amines) is 1. The molecule has 3 rings (SSSR count). The van der Waals surface area contributed by atoms with Gasteiger partial charge < -0.3 is 15.1 Å². The van der Waals surface area contributed by atoms with Crippen molar-refractivity contribution in [1.29, 1.82) is 0 Å². The maximum absolute atomic E-state index is 12.3. The summed E-state index contributed by atoms with van der Waals surface area (Å²) < 4.78 is 0. The van der Waals surface area contributed by atoms with Gasteiger partial charge in [0.05, 0.1) is 0 Å². The number of aryl methyl sites for hydroxylation is 1. The molecule has 0 aliphatic carbocycles. The molecule has 1 aliphatic heterocycles. The summed E-state index contributed by atoms with van der Waals surface area (Å²) in [4.78, 5) is 25.0. The Morgan fingerprint density at radius 2 is 1.71 bits per heavy atom. The average molecular weight is 327 g/mol. The number of nitrogens with zero attached hydrogens (tertiary/aromatic N) is 1. The van der Waals surface area contributed by atoms with Crippen molar-refractivity contribution in [1.82, 2.24) is 4.90 Å². The molecule has 0 saturated carbocycles. The van der Waals surface area contributed by atoms with E-state index < -0.39 is 11.6 Å². The predicted molar refractivity (Wildman–Crippen MR) is 90.7 cm³/mol. The van der Waals surface area contributed by atoms with Gasteiger partial charge in [-0.25, -0.2) is 4.79 Å². The van der Waals surface area contributed by atoms with E-state index in [2.05, 4.69) is 24.3 Å². The Labute approximate surface area is 140 Å². The lowest BCUT2D eigenvalue weighted by Crippen LogP contribution is -2.50. The second-order valence-corrected chi connectivity index (χ2v) is 6.40. The second kappa shape index (κ2) is 6.61. The van der Waals surface area contributed by atoms with Crippen molar-refractivity contribution in [3.05, 3.63) is 48.0 Å². The highest BCUT2D eigenvalue weighted by atomic mass is 16.4. The molecule has 1 aliphatic rings. The molecule has 0 bridgehead atoms. The minimum Gasteiger partial charge on any atom is -0.479 e. The van der Waals surface area contributed by atoms with E-state index in [4.69, 9.17) is 5.11 Å². The van der Waals surface area contributed by atoms with E-state index in [1.54, 1.807) is 4.90 Å². The van der Waals surface area contributed by atoms with Gasteiger partial charge >= 0.3 is 5.97 Å². The molecule has 2 aromatic carbocycles. The first-order valence-electron chi connectivity index (χ1n) is 8.19. The van der Waals surface area contributed by atoms with E-state index in [0.29, 0.717) is 25.9 Å². The van der Waals surface area contributed by atoms with Crippen LogP contribution in [-0.4, -0.2) is 45.7 Å². The van der Waals surface area contributed by atoms with Crippen molar-refractivity contribution in [2.75, 3.05) is 13.1 Å². The summed E-state index contributed by atoms with van der Waals surface area (Å²) in [7, 11) is 0. The summed E-state index contributed by atoms with van der Waals surface area (Å²) in [6.07, 6.45) is 1.22. The number of fused-ring (bicyclic) bond motifs is 1. The van der Waals surface area contributed by atoms with Crippen LogP contribution in [0.4, 0.5) is 0 Å². The van der Waals surface area contributed by atoms with Gasteiger partial charge in [-0.1, -0.05) is 42.5 Å². The largest absolute Gasteiger partial charge is 0.479 e. The number of hydrogen-bond acceptors (Lipinski definition) is 3. The van der Waals surface area contributed by atoms with Crippen molar-refractivity contribution < 1.29 is 19.8 Å². The van der Waals surface area contributed by atoms with Crippen LogP contribution < -0.4 is 0 Å². The zero-order chi connectivity index (χ0) is 17.2. The van der Waals surface area contributed by atoms with Crippen LogP contribution >= 0.6 is 0 Å². The number of carbonyl (C=O) groups excluding carboxylic acids is 1. The highest BCUT2D eigenvalue weighted by molar-refractivity contribution is 5.83. The molecule has 24 heavy (non-hydrogen) atoms. The van der Waals surface area contributed by atoms with Crippen LogP contribution in [0.2, 0.25) is 0 Å². The summed E-state index contributed by atoms with van der Waals surface area (Å²) in [6.45, 7) is 0.582. The van der Waals surface area contributed by atoms with Gasteiger partial charge in [0.2, 0.25) is 5.91 Å². The number of carboxylic acids is 1. The Kier molecular flexibility index (Phi) is 4.53. The molecule has 1 fully saturated rings. The molecule has 0 aromatic heterocycles. The van der Waals surface area contributed by atoms with Gasteiger partial charge in [0.25, 0.3) is 0 Å². The lowest BCUT2D eigenvalue weighted by Gasteiger charge is -2.35. The number of carboxylic acid groups (broad SMARTS) is 1. The first-order valence-corrected chi connectivity index (χ1v) is 8.19. The highest BCUT2D eigenvalue weighted by Gasteiger charge is 2.40. The number of hydrogen-bond donors (Lipinski definition) is 2. The van der Waals surface area contributed by atoms with Crippen molar-refractivity contribution in [2.24, 2.45) is 0 Å². The Hall–Kier alpha value is -2.40. The second-order valence-electron chi connectivity index (χ2n) is 6.40. The molecular formula is C19H21NO4. The van der Waals surface area contributed by atoms with E-state index in [-0.39, 0.29) is 18.7 Å². The van der Waals surface area contributed by atoms with Crippen molar-refractivity contribution >= 4 is 22.6 Å². The third kappa shape index (κ3) is 3.41. The van der Waals surface area contributed by atoms with Gasteiger partial charge in [-0.2, -0.15) is 0 Å². The molecule has 5 nitrogen and oxygen atoms in total. The zero-order valence-corrected chi connectivity index (χ0v) is 13.4. The summed E-state index contributed by atoms with van der Waals surface area (Å²) in [6, 6.07) is 14.3. The standard InChI is InChI=1S/C19H21NO4/c21-17(20-11-9-19(24,10-12-20)18(22)23)8-6-14-5-7-15-3-1-2-4-16(15)13-14/h1-5,7,13,24H,6,8-12H2,(H,22,23). The van der Waals surface area contributed by atoms with E-state index >= 15 is 0 Å². The molecule has 0 radical (unpaired) electrons. The number of carbonyl (C=O) groups is 2. The first-order chi connectivity index (χ1) is 11.5. The van der Waals surface area contributed by atoms with E-state index in [0.717, 1.165) is 10.9 Å². The van der Waals surface area contributed by atoms with Crippen molar-refractivity contribution in [2.45, 2.75) is 31.3 Å². The first kappa shape index (κ1) is 16.5. The van der Waals surface area contributed by atoms with Crippen LogP contribution in [0.15, 0.2) is 42.5 Å². The van der Waals surface area contributed by atoms with Crippen LogP contribution in [0.1, 0.15) is 24.8 Å². The molecule has 2 aromatic rings. The Balaban J connectivity index is 1.56. The SMILES string of the molecule is O=C(CCc1ccc2ccccc2c1)N1CCC(O)(C(=O)O)CC1. The topological polar surface area (TPSA) is 77.8 Å². The van der Waals surface area contributed by atoms with Gasteiger partial charge in [0, 0.05) is 32.4 Å². The molecular weight excluding hydrogens is 306 g/mol. The minimum absolute atomic E-state index is 0.00981. The molecule has 2 N–H and O–H groups in total. The Bertz CT molecular complexity index is 763. The van der Waals surface area contributed by atoms with Crippen molar-refractivity contribution in [3.63, 3.8) is 0 Å². The number of benzene rings is 2. The summed E-state index contributed by atoms with van der Waals surface area (Å²) in [5.41, 5.74) is -0.573. The molecule has 126 valence electrons. The average Bonchev–Trinajstić information content (AvgIpc) is 2.60. The van der Waals surface area contributed by atoms with Gasteiger partial charge in [0.1, 0.15) is 0 Å². The number of amides is 1. The minimum atomic E-state index is -1.69. The number of piperidine rings is 1. The maximum Gasteiger partial charge on any atom is 0.335 e. The zero-order valence-electron chi connectivity index (χ0n) is 13.4. The normalized spacial score (nSPS) is 17.0. The predicted octanol–water partition coefficient (Wildman–Crippen LogP) is 2.21. The van der Waals surface area contributed by atoms with Gasteiger partial charge in [0.15, 0.2) is 5.60 Å². The molecule has 1 heterocycles. The van der Waals surface area contributed by atoms with Crippen LogP contribution in [0, 0.1) is 0 Å².